The van der Waals surface area contributed by atoms with E-state index in [2.05, 4.69) is 197 Å². The fourth-order valence-electron chi connectivity index (χ4n) is 8.09. The quantitative estimate of drug-likeness (QED) is 0.176. The van der Waals surface area contributed by atoms with Gasteiger partial charge < -0.3 is 4.57 Å². The molecule has 0 aliphatic carbocycles. The van der Waals surface area contributed by atoms with E-state index in [9.17, 15) is 0 Å². The van der Waals surface area contributed by atoms with E-state index in [0.717, 1.165) is 33.8 Å². The first kappa shape index (κ1) is 29.9. The summed E-state index contributed by atoms with van der Waals surface area (Å²) < 4.78 is 7.35. The van der Waals surface area contributed by atoms with E-state index in [4.69, 9.17) is 4.98 Å². The zero-order valence-corrected chi connectivity index (χ0v) is 29.5. The third kappa shape index (κ3) is 4.77. The van der Waals surface area contributed by atoms with Crippen molar-refractivity contribution in [2.75, 3.05) is 0 Å². The average molecular weight is 694 g/mol. The first-order valence-electron chi connectivity index (χ1n) is 18.0. The fraction of sp³-hybridized carbons (Fsp3) is 0. The highest BCUT2D eigenvalue weighted by Crippen LogP contribution is 2.42. The molecule has 0 fully saturated rings. The molecule has 0 N–H and O–H groups in total. The van der Waals surface area contributed by atoms with Crippen molar-refractivity contribution in [3.63, 3.8) is 0 Å². The first-order chi connectivity index (χ1) is 26.3. The summed E-state index contributed by atoms with van der Waals surface area (Å²) in [5.74, 6) is 0.922. The Kier molecular flexibility index (Phi) is 6.73. The van der Waals surface area contributed by atoms with Crippen LogP contribution in [0.4, 0.5) is 0 Å². The molecule has 11 aromatic rings. The molecule has 0 atom stereocenters. The molecule has 0 aliphatic rings. The first-order valence-corrected chi connectivity index (χ1v) is 18.8. The lowest BCUT2D eigenvalue weighted by atomic mass is 10.0. The Bertz CT molecular complexity index is 3160. The van der Waals surface area contributed by atoms with Crippen LogP contribution in [0, 0.1) is 0 Å². The van der Waals surface area contributed by atoms with E-state index in [0.29, 0.717) is 0 Å². The normalized spacial score (nSPS) is 11.8. The Morgan fingerprint density at radius 2 is 1.06 bits per heavy atom. The van der Waals surface area contributed by atoms with Crippen LogP contribution in [0.2, 0.25) is 0 Å². The highest BCUT2D eigenvalue weighted by molar-refractivity contribution is 7.26. The summed E-state index contributed by atoms with van der Waals surface area (Å²) in [4.78, 5) is 5.18. The Hall–Kier alpha value is -6.75. The van der Waals surface area contributed by atoms with E-state index in [1.54, 1.807) is 0 Å². The molecule has 8 aromatic carbocycles. The molecule has 0 bridgehead atoms. The number of nitrogens with zero attached hydrogens (tertiary/aromatic N) is 3. The molecule has 3 heterocycles. The van der Waals surface area contributed by atoms with Crippen LogP contribution in [0.3, 0.4) is 0 Å². The number of imidazole rings is 1. The monoisotopic (exact) mass is 693 g/mol. The van der Waals surface area contributed by atoms with Crippen molar-refractivity contribution >= 4 is 64.3 Å². The Balaban J connectivity index is 1.04. The molecule has 0 amide bonds. The SMILES string of the molecule is c1ccc(-c2cccc(-n3c(-c4ccc(-n5c6ccccc6c6cc(-c7cccc8c7sc7ccccc78)ccc65)cc4)nc4ccccc43)c2)cc1. The van der Waals surface area contributed by atoms with Crippen LogP contribution in [0.15, 0.2) is 188 Å². The Morgan fingerprint density at radius 3 is 1.94 bits per heavy atom. The molecular weight excluding hydrogens is 663 g/mol. The maximum Gasteiger partial charge on any atom is 0.145 e. The largest absolute Gasteiger partial charge is 0.309 e. The highest BCUT2D eigenvalue weighted by Gasteiger charge is 2.18. The van der Waals surface area contributed by atoms with Crippen LogP contribution in [-0.2, 0) is 0 Å². The maximum absolute atomic E-state index is 5.18. The summed E-state index contributed by atoms with van der Waals surface area (Å²) in [5.41, 5.74) is 12.6. The Labute approximate surface area is 310 Å². The number of rotatable bonds is 5. The van der Waals surface area contributed by atoms with Gasteiger partial charge in [-0.3, -0.25) is 4.57 Å². The zero-order valence-electron chi connectivity index (χ0n) is 28.6. The van der Waals surface area contributed by atoms with Crippen LogP contribution in [0.5, 0.6) is 0 Å². The van der Waals surface area contributed by atoms with E-state index in [1.807, 2.05) is 11.3 Å². The predicted octanol–water partition coefficient (Wildman–Crippen LogP) is 13.5. The minimum absolute atomic E-state index is 0.922. The van der Waals surface area contributed by atoms with Crippen molar-refractivity contribution in [1.29, 1.82) is 0 Å². The topological polar surface area (TPSA) is 22.8 Å². The minimum atomic E-state index is 0.922. The molecule has 53 heavy (non-hydrogen) atoms. The van der Waals surface area contributed by atoms with Crippen LogP contribution in [-0.4, -0.2) is 14.1 Å². The second kappa shape index (κ2) is 11.9. The van der Waals surface area contributed by atoms with Crippen molar-refractivity contribution in [2.24, 2.45) is 0 Å². The molecule has 0 unspecified atom stereocenters. The van der Waals surface area contributed by atoms with Gasteiger partial charge in [0.1, 0.15) is 5.82 Å². The fourth-order valence-corrected chi connectivity index (χ4v) is 9.33. The van der Waals surface area contributed by atoms with Gasteiger partial charge in [0.05, 0.1) is 22.1 Å². The lowest BCUT2D eigenvalue weighted by Crippen LogP contribution is -1.99. The summed E-state index contributed by atoms with van der Waals surface area (Å²) in [5, 5.41) is 5.15. The van der Waals surface area contributed by atoms with E-state index < -0.39 is 0 Å². The molecule has 4 heteroatoms. The van der Waals surface area contributed by atoms with Gasteiger partial charge in [-0.2, -0.15) is 0 Å². The summed E-state index contributed by atoms with van der Waals surface area (Å²) in [7, 11) is 0. The average Bonchev–Trinajstić information content (AvgIpc) is 3.91. The number of fused-ring (bicyclic) bond motifs is 7. The van der Waals surface area contributed by atoms with Gasteiger partial charge in [-0.05, 0) is 95.1 Å². The molecule has 0 saturated carbocycles. The predicted molar refractivity (Wildman–Crippen MR) is 225 cm³/mol. The van der Waals surface area contributed by atoms with Gasteiger partial charge in [0.2, 0.25) is 0 Å². The Morgan fingerprint density at radius 1 is 0.377 bits per heavy atom. The summed E-state index contributed by atoms with van der Waals surface area (Å²) in [6, 6.07) is 67.8. The van der Waals surface area contributed by atoms with Crippen LogP contribution >= 0.6 is 11.3 Å². The number of thiophene rings is 1. The van der Waals surface area contributed by atoms with Crippen molar-refractivity contribution in [3.05, 3.63) is 188 Å². The number of hydrogen-bond donors (Lipinski definition) is 0. The van der Waals surface area contributed by atoms with Crippen LogP contribution in [0.25, 0.3) is 98.0 Å². The van der Waals surface area contributed by atoms with Gasteiger partial charge in [0.15, 0.2) is 0 Å². The summed E-state index contributed by atoms with van der Waals surface area (Å²) >= 11 is 1.88. The summed E-state index contributed by atoms with van der Waals surface area (Å²) in [6.07, 6.45) is 0. The van der Waals surface area contributed by atoms with Crippen LogP contribution < -0.4 is 0 Å². The van der Waals surface area contributed by atoms with Crippen molar-refractivity contribution < 1.29 is 0 Å². The third-order valence-corrected chi connectivity index (χ3v) is 11.8. The van der Waals surface area contributed by atoms with Gasteiger partial charge >= 0.3 is 0 Å². The number of para-hydroxylation sites is 3. The number of aromatic nitrogens is 3. The lowest BCUT2D eigenvalue weighted by molar-refractivity contribution is 1.10. The van der Waals surface area contributed by atoms with Gasteiger partial charge in [-0.1, -0.05) is 115 Å². The lowest BCUT2D eigenvalue weighted by Gasteiger charge is -2.13. The molecule has 248 valence electrons. The number of hydrogen-bond acceptors (Lipinski definition) is 2. The second-order valence-electron chi connectivity index (χ2n) is 13.6. The molecule has 11 rings (SSSR count). The molecular formula is C49H31N3S. The molecule has 3 nitrogen and oxygen atoms in total. The maximum atomic E-state index is 5.18. The van der Waals surface area contributed by atoms with Crippen molar-refractivity contribution in [2.45, 2.75) is 0 Å². The zero-order chi connectivity index (χ0) is 34.9. The van der Waals surface area contributed by atoms with Crippen LogP contribution in [0.1, 0.15) is 0 Å². The smallest absolute Gasteiger partial charge is 0.145 e. The molecule has 0 aliphatic heterocycles. The number of benzene rings is 8. The molecule has 3 aromatic heterocycles. The van der Waals surface area contributed by atoms with Gasteiger partial charge in [-0.15, -0.1) is 11.3 Å². The van der Waals surface area contributed by atoms with Crippen molar-refractivity contribution in [3.8, 4) is 45.0 Å². The molecule has 0 spiro atoms. The third-order valence-electron chi connectivity index (χ3n) is 10.5. The van der Waals surface area contributed by atoms with E-state index in [-0.39, 0.29) is 0 Å². The van der Waals surface area contributed by atoms with Gasteiger partial charge in [0, 0.05) is 47.9 Å². The molecule has 0 radical (unpaired) electrons. The standard InChI is InChI=1S/C49H31N3S/c1-2-12-32(13-3-1)34-14-10-15-37(30-34)52-46-22-8-6-20-43(46)50-49(52)33-24-27-36(28-25-33)51-44-21-7-4-16-39(44)42-31-35(26-29-45(42)51)38-18-11-19-41-40-17-5-9-23-47(40)53-48(38)41/h1-31H. The minimum Gasteiger partial charge on any atom is -0.309 e. The van der Waals surface area contributed by atoms with Gasteiger partial charge in [0.25, 0.3) is 0 Å². The molecule has 0 saturated heterocycles. The second-order valence-corrected chi connectivity index (χ2v) is 14.6. The van der Waals surface area contributed by atoms with E-state index >= 15 is 0 Å². The van der Waals surface area contributed by atoms with Gasteiger partial charge in [-0.25, -0.2) is 4.98 Å². The van der Waals surface area contributed by atoms with E-state index in [1.165, 1.54) is 64.2 Å². The summed E-state index contributed by atoms with van der Waals surface area (Å²) in [6.45, 7) is 0. The van der Waals surface area contributed by atoms with Crippen molar-refractivity contribution in [1.82, 2.24) is 14.1 Å². The highest BCUT2D eigenvalue weighted by atomic mass is 32.1.